The maximum absolute atomic E-state index is 12.6. The Morgan fingerprint density at radius 3 is 2.67 bits per heavy atom. The molecule has 4 rings (SSSR count). The van der Waals surface area contributed by atoms with E-state index in [0.717, 1.165) is 21.5 Å². The molecule has 8 heteroatoms. The van der Waals surface area contributed by atoms with E-state index in [1.807, 2.05) is 41.2 Å². The lowest BCUT2D eigenvalue weighted by Gasteiger charge is -2.11. The number of hydrogen-bond acceptors (Lipinski definition) is 5. The summed E-state index contributed by atoms with van der Waals surface area (Å²) < 4.78 is 3.00. The highest BCUT2D eigenvalue weighted by Gasteiger charge is 2.14. The van der Waals surface area contributed by atoms with Gasteiger partial charge in [-0.05, 0) is 30.5 Å². The first kappa shape index (κ1) is 17.3. The van der Waals surface area contributed by atoms with Gasteiger partial charge in [0.15, 0.2) is 0 Å². The van der Waals surface area contributed by atoms with Crippen molar-refractivity contribution in [3.8, 4) is 0 Å². The molecule has 0 radical (unpaired) electrons. The van der Waals surface area contributed by atoms with Crippen molar-refractivity contribution < 1.29 is 4.79 Å². The van der Waals surface area contributed by atoms with Crippen LogP contribution < -0.4 is 11.0 Å². The number of thioether (sulfide) groups is 1. The molecule has 0 bridgehead atoms. The number of carbonyl (C=O) groups excluding carboxylic acids is 1. The monoisotopic (exact) mass is 379 g/mol. The fourth-order valence-electron chi connectivity index (χ4n) is 3.00. The fraction of sp³-hybridized carbons (Fsp3) is 0.158. The number of para-hydroxylation sites is 3. The van der Waals surface area contributed by atoms with Crippen LogP contribution in [0.15, 0.2) is 59.7 Å². The van der Waals surface area contributed by atoms with Crippen LogP contribution in [-0.2, 0) is 17.1 Å². The van der Waals surface area contributed by atoms with Gasteiger partial charge in [0.05, 0.1) is 27.7 Å². The number of benzene rings is 2. The van der Waals surface area contributed by atoms with E-state index < -0.39 is 0 Å². The van der Waals surface area contributed by atoms with E-state index >= 15 is 0 Å². The van der Waals surface area contributed by atoms with Gasteiger partial charge < -0.3 is 4.57 Å². The summed E-state index contributed by atoms with van der Waals surface area (Å²) >= 11 is 1.64. The summed E-state index contributed by atoms with van der Waals surface area (Å²) in [6.07, 6.45) is 3.32. The van der Waals surface area contributed by atoms with Crippen molar-refractivity contribution in [2.75, 3.05) is 11.7 Å². The Bertz CT molecular complexity index is 1200. The Balaban J connectivity index is 1.64. The second-order valence-electron chi connectivity index (χ2n) is 6.01. The van der Waals surface area contributed by atoms with Crippen molar-refractivity contribution in [1.82, 2.24) is 19.2 Å². The molecule has 2 aromatic carbocycles. The van der Waals surface area contributed by atoms with Gasteiger partial charge in [-0.2, -0.15) is 11.8 Å². The van der Waals surface area contributed by atoms with E-state index in [2.05, 4.69) is 15.4 Å². The molecule has 0 saturated carbocycles. The molecule has 0 aliphatic rings. The summed E-state index contributed by atoms with van der Waals surface area (Å²) in [6.45, 7) is 0.0652. The number of hydrogen-bond donors (Lipinski definition) is 1. The van der Waals surface area contributed by atoms with Crippen molar-refractivity contribution in [3.05, 3.63) is 71.0 Å². The standard InChI is InChI=1S/C19H17N5O2S/c1-27-11-17-21-15-8-4-5-9-16(15)23(17)10-18(25)22-24-12-20-14-7-3-2-6-13(14)19(24)26/h2-9,12H,10-11H2,1H3,(H,22,25). The minimum atomic E-state index is -0.320. The first-order valence-electron chi connectivity index (χ1n) is 8.36. The summed E-state index contributed by atoms with van der Waals surface area (Å²) in [6, 6.07) is 14.7. The van der Waals surface area contributed by atoms with Crippen LogP contribution in [0.2, 0.25) is 0 Å². The van der Waals surface area contributed by atoms with E-state index in [1.165, 1.54) is 6.33 Å². The smallest absolute Gasteiger partial charge is 0.280 e. The van der Waals surface area contributed by atoms with E-state index in [0.29, 0.717) is 16.7 Å². The summed E-state index contributed by atoms with van der Waals surface area (Å²) in [5.41, 5.74) is 4.64. The van der Waals surface area contributed by atoms with E-state index in [-0.39, 0.29) is 18.0 Å². The van der Waals surface area contributed by atoms with Crippen molar-refractivity contribution in [2.24, 2.45) is 0 Å². The molecule has 1 N–H and O–H groups in total. The van der Waals surface area contributed by atoms with Crippen LogP contribution in [0.25, 0.3) is 21.9 Å². The third-order valence-electron chi connectivity index (χ3n) is 4.22. The number of fused-ring (bicyclic) bond motifs is 2. The Hall–Kier alpha value is -3.13. The van der Waals surface area contributed by atoms with Gasteiger partial charge in [-0.1, -0.05) is 24.3 Å². The van der Waals surface area contributed by atoms with Gasteiger partial charge in [0.25, 0.3) is 11.5 Å². The molecule has 0 spiro atoms. The molecule has 0 aliphatic carbocycles. The molecule has 0 atom stereocenters. The van der Waals surface area contributed by atoms with Gasteiger partial charge in [0.1, 0.15) is 18.7 Å². The molecule has 7 nitrogen and oxygen atoms in total. The topological polar surface area (TPSA) is 81.8 Å². The van der Waals surface area contributed by atoms with Gasteiger partial charge in [-0.3, -0.25) is 15.0 Å². The number of nitrogens with one attached hydrogen (secondary N) is 1. The highest BCUT2D eigenvalue weighted by molar-refractivity contribution is 7.97. The summed E-state index contributed by atoms with van der Waals surface area (Å²) in [4.78, 5) is 34.0. The molecule has 0 fully saturated rings. The third kappa shape index (κ3) is 3.31. The number of carbonyl (C=O) groups is 1. The first-order valence-corrected chi connectivity index (χ1v) is 9.76. The predicted octanol–water partition coefficient (Wildman–Crippen LogP) is 2.38. The number of amides is 1. The highest BCUT2D eigenvalue weighted by Crippen LogP contribution is 2.18. The van der Waals surface area contributed by atoms with Gasteiger partial charge in [0.2, 0.25) is 0 Å². The van der Waals surface area contributed by atoms with E-state index in [4.69, 9.17) is 0 Å². The van der Waals surface area contributed by atoms with Crippen LogP contribution in [0.3, 0.4) is 0 Å². The molecule has 136 valence electrons. The first-order chi connectivity index (χ1) is 13.2. The fourth-order valence-corrected chi connectivity index (χ4v) is 3.48. The van der Waals surface area contributed by atoms with Gasteiger partial charge in [-0.25, -0.2) is 14.6 Å². The lowest BCUT2D eigenvalue weighted by molar-refractivity contribution is -0.117. The molecule has 2 heterocycles. The average molecular weight is 379 g/mol. The Morgan fingerprint density at radius 2 is 1.85 bits per heavy atom. The van der Waals surface area contributed by atoms with Crippen LogP contribution in [0.4, 0.5) is 0 Å². The van der Waals surface area contributed by atoms with Crippen LogP contribution >= 0.6 is 11.8 Å². The molecular formula is C19H17N5O2S. The minimum absolute atomic E-state index is 0.0652. The number of imidazole rings is 1. The molecule has 1 amide bonds. The average Bonchev–Trinajstić information content (AvgIpc) is 3.02. The van der Waals surface area contributed by atoms with Crippen molar-refractivity contribution in [2.45, 2.75) is 12.3 Å². The van der Waals surface area contributed by atoms with E-state index in [9.17, 15) is 9.59 Å². The summed E-state index contributed by atoms with van der Waals surface area (Å²) in [5, 5.41) is 0.455. The van der Waals surface area contributed by atoms with Crippen molar-refractivity contribution >= 4 is 39.6 Å². The number of aromatic nitrogens is 4. The van der Waals surface area contributed by atoms with Crippen LogP contribution in [0.1, 0.15) is 5.82 Å². The minimum Gasteiger partial charge on any atom is -0.318 e. The molecule has 4 aromatic rings. The molecule has 0 saturated heterocycles. The largest absolute Gasteiger partial charge is 0.318 e. The quantitative estimate of drug-likeness (QED) is 0.576. The third-order valence-corrected chi connectivity index (χ3v) is 4.77. The zero-order valence-electron chi connectivity index (χ0n) is 14.6. The molecule has 2 aromatic heterocycles. The maximum Gasteiger partial charge on any atom is 0.280 e. The second kappa shape index (κ2) is 7.24. The SMILES string of the molecule is CSCc1nc2ccccc2n1CC(=O)Nn1cnc2ccccc2c1=O. The Morgan fingerprint density at radius 1 is 1.11 bits per heavy atom. The lowest BCUT2D eigenvalue weighted by Crippen LogP contribution is -2.35. The Labute approximate surface area is 159 Å². The Kier molecular flexibility index (Phi) is 4.64. The van der Waals surface area contributed by atoms with Crippen LogP contribution in [0.5, 0.6) is 0 Å². The zero-order chi connectivity index (χ0) is 18.8. The maximum atomic E-state index is 12.6. The van der Waals surface area contributed by atoms with Crippen molar-refractivity contribution in [1.29, 1.82) is 0 Å². The summed E-state index contributed by atoms with van der Waals surface area (Å²) in [7, 11) is 0. The number of nitrogens with zero attached hydrogens (tertiary/aromatic N) is 4. The van der Waals surface area contributed by atoms with Gasteiger partial charge in [0, 0.05) is 0 Å². The molecule has 0 aliphatic heterocycles. The van der Waals surface area contributed by atoms with Crippen LogP contribution in [0, 0.1) is 0 Å². The van der Waals surface area contributed by atoms with Gasteiger partial charge in [-0.15, -0.1) is 0 Å². The van der Waals surface area contributed by atoms with Gasteiger partial charge >= 0.3 is 0 Å². The summed E-state index contributed by atoms with van der Waals surface area (Å²) in [5.74, 6) is 1.20. The lowest BCUT2D eigenvalue weighted by atomic mass is 10.2. The second-order valence-corrected chi connectivity index (χ2v) is 6.87. The normalized spacial score (nSPS) is 11.1. The number of rotatable bonds is 5. The highest BCUT2D eigenvalue weighted by atomic mass is 32.2. The predicted molar refractivity (Wildman–Crippen MR) is 107 cm³/mol. The molecule has 0 unspecified atom stereocenters. The molecule has 27 heavy (non-hydrogen) atoms. The van der Waals surface area contributed by atoms with Crippen LogP contribution in [-0.4, -0.2) is 31.4 Å². The van der Waals surface area contributed by atoms with E-state index in [1.54, 1.807) is 30.0 Å². The molecular weight excluding hydrogens is 362 g/mol. The van der Waals surface area contributed by atoms with Crippen molar-refractivity contribution in [3.63, 3.8) is 0 Å². The zero-order valence-corrected chi connectivity index (χ0v) is 15.4.